The number of aromatic amines is 2. The monoisotopic (exact) mass is 296 g/mol. The van der Waals surface area contributed by atoms with E-state index in [9.17, 15) is 4.79 Å². The molecule has 0 fully saturated rings. The maximum atomic E-state index is 12.0. The van der Waals surface area contributed by atoms with Crippen LogP contribution < -0.4 is 10.1 Å². The number of imidazole rings is 1. The number of aryl methyl sites for hydroxylation is 1. The second kappa shape index (κ2) is 4.91. The first-order valence-corrected chi connectivity index (χ1v) is 7.29. The van der Waals surface area contributed by atoms with E-state index < -0.39 is 0 Å². The number of aromatic nitrogens is 3. The van der Waals surface area contributed by atoms with E-state index in [1.807, 2.05) is 24.3 Å². The minimum Gasteiger partial charge on any atom is -0.497 e. The third-order valence-electron chi connectivity index (χ3n) is 3.97. The zero-order chi connectivity index (χ0) is 15.1. The molecular weight excluding hydrogens is 280 g/mol. The average Bonchev–Trinajstić information content (AvgIpc) is 3.10. The molecule has 6 nitrogen and oxygen atoms in total. The molecule has 1 aromatic carbocycles. The Bertz CT molecular complexity index is 862. The lowest BCUT2D eigenvalue weighted by atomic mass is 10.2. The van der Waals surface area contributed by atoms with E-state index in [1.165, 1.54) is 0 Å². The molecule has 0 atom stereocenters. The minimum absolute atomic E-state index is 0.104. The third-order valence-corrected chi connectivity index (χ3v) is 3.97. The normalized spacial score (nSPS) is 14.5. The van der Waals surface area contributed by atoms with Crippen molar-refractivity contribution in [1.82, 2.24) is 20.3 Å². The number of hydrogen-bond donors (Lipinski definition) is 3. The minimum atomic E-state index is -0.104. The van der Waals surface area contributed by atoms with Gasteiger partial charge in [-0.05, 0) is 37.1 Å². The van der Waals surface area contributed by atoms with Gasteiger partial charge in [0, 0.05) is 23.1 Å². The molecule has 4 rings (SSSR count). The molecule has 3 heterocycles. The van der Waals surface area contributed by atoms with Crippen molar-refractivity contribution in [2.75, 3.05) is 13.7 Å². The summed E-state index contributed by atoms with van der Waals surface area (Å²) in [6.45, 7) is 0.699. The summed E-state index contributed by atoms with van der Waals surface area (Å²) < 4.78 is 5.24. The smallest absolute Gasteiger partial charge is 0.271 e. The number of fused-ring (bicyclic) bond motifs is 2. The molecule has 0 saturated heterocycles. The molecule has 0 bridgehead atoms. The van der Waals surface area contributed by atoms with Crippen LogP contribution in [0, 0.1) is 0 Å². The van der Waals surface area contributed by atoms with Crippen LogP contribution in [0.2, 0.25) is 0 Å². The maximum Gasteiger partial charge on any atom is 0.271 e. The molecule has 22 heavy (non-hydrogen) atoms. The van der Waals surface area contributed by atoms with Crippen molar-refractivity contribution in [2.24, 2.45) is 0 Å². The standard InChI is InChI=1S/C16H16N4O2/c1-22-10-4-5-11-9(7-10)8-13(18-11)15-19-12-3-2-6-17-16(21)14(12)20-15/h4-5,7-8,18H,2-3,6H2,1H3,(H,17,21)(H,19,20). The largest absolute Gasteiger partial charge is 0.497 e. The van der Waals surface area contributed by atoms with Crippen molar-refractivity contribution < 1.29 is 9.53 Å². The Morgan fingerprint density at radius 2 is 2.14 bits per heavy atom. The molecule has 1 amide bonds. The van der Waals surface area contributed by atoms with Crippen LogP contribution in [-0.2, 0) is 6.42 Å². The van der Waals surface area contributed by atoms with Crippen LogP contribution in [0.3, 0.4) is 0 Å². The van der Waals surface area contributed by atoms with E-state index in [0.717, 1.165) is 40.9 Å². The van der Waals surface area contributed by atoms with Gasteiger partial charge in [-0.25, -0.2) is 4.98 Å². The summed E-state index contributed by atoms with van der Waals surface area (Å²) >= 11 is 0. The molecule has 6 heteroatoms. The Morgan fingerprint density at radius 3 is 3.00 bits per heavy atom. The molecule has 0 aliphatic carbocycles. The molecule has 0 spiro atoms. The molecule has 0 unspecified atom stereocenters. The second-order valence-corrected chi connectivity index (χ2v) is 5.41. The molecule has 1 aliphatic rings. The number of rotatable bonds is 2. The Balaban J connectivity index is 1.79. The van der Waals surface area contributed by atoms with Gasteiger partial charge in [-0.1, -0.05) is 0 Å². The summed E-state index contributed by atoms with van der Waals surface area (Å²) in [6, 6.07) is 7.86. The van der Waals surface area contributed by atoms with E-state index in [4.69, 9.17) is 4.74 Å². The quantitative estimate of drug-likeness (QED) is 0.678. The zero-order valence-corrected chi connectivity index (χ0v) is 12.2. The van der Waals surface area contributed by atoms with E-state index in [2.05, 4.69) is 20.3 Å². The highest BCUT2D eigenvalue weighted by Gasteiger charge is 2.21. The fourth-order valence-electron chi connectivity index (χ4n) is 2.82. The highest BCUT2D eigenvalue weighted by molar-refractivity contribution is 5.94. The average molecular weight is 296 g/mol. The molecule has 0 radical (unpaired) electrons. The molecule has 0 saturated carbocycles. The van der Waals surface area contributed by atoms with E-state index in [0.29, 0.717) is 18.1 Å². The number of methoxy groups -OCH3 is 1. The van der Waals surface area contributed by atoms with Gasteiger partial charge in [0.15, 0.2) is 5.82 Å². The first-order valence-electron chi connectivity index (χ1n) is 7.29. The predicted octanol–water partition coefficient (Wildman–Crippen LogP) is 2.24. The molecule has 2 aromatic heterocycles. The summed E-state index contributed by atoms with van der Waals surface area (Å²) in [4.78, 5) is 23.1. The summed E-state index contributed by atoms with van der Waals surface area (Å²) in [6.07, 6.45) is 1.75. The lowest BCUT2D eigenvalue weighted by molar-refractivity contribution is 0.0951. The third kappa shape index (κ3) is 2.04. The number of benzene rings is 1. The van der Waals surface area contributed by atoms with Gasteiger partial charge in [0.2, 0.25) is 0 Å². The number of H-pyrrole nitrogens is 2. The topological polar surface area (TPSA) is 82.8 Å². The highest BCUT2D eigenvalue weighted by Crippen LogP contribution is 2.26. The van der Waals surface area contributed by atoms with Gasteiger partial charge in [0.25, 0.3) is 5.91 Å². The lowest BCUT2D eigenvalue weighted by Crippen LogP contribution is -2.23. The van der Waals surface area contributed by atoms with Crippen molar-refractivity contribution in [3.63, 3.8) is 0 Å². The van der Waals surface area contributed by atoms with Crippen LogP contribution in [0.25, 0.3) is 22.4 Å². The van der Waals surface area contributed by atoms with Gasteiger partial charge in [-0.3, -0.25) is 4.79 Å². The number of nitrogens with zero attached hydrogens (tertiary/aromatic N) is 1. The van der Waals surface area contributed by atoms with Gasteiger partial charge in [0.1, 0.15) is 11.4 Å². The van der Waals surface area contributed by atoms with E-state index >= 15 is 0 Å². The summed E-state index contributed by atoms with van der Waals surface area (Å²) in [5.74, 6) is 1.40. The van der Waals surface area contributed by atoms with Crippen LogP contribution in [0.4, 0.5) is 0 Å². The Hall–Kier alpha value is -2.76. The van der Waals surface area contributed by atoms with Crippen molar-refractivity contribution >= 4 is 16.8 Å². The summed E-state index contributed by atoms with van der Waals surface area (Å²) in [5, 5.41) is 3.91. The van der Waals surface area contributed by atoms with Crippen LogP contribution in [0.5, 0.6) is 5.75 Å². The number of hydrogen-bond acceptors (Lipinski definition) is 3. The summed E-state index contributed by atoms with van der Waals surface area (Å²) in [7, 11) is 1.65. The van der Waals surface area contributed by atoms with E-state index in [1.54, 1.807) is 7.11 Å². The van der Waals surface area contributed by atoms with Crippen molar-refractivity contribution in [3.05, 3.63) is 35.7 Å². The first kappa shape index (κ1) is 12.9. The zero-order valence-electron chi connectivity index (χ0n) is 12.2. The van der Waals surface area contributed by atoms with Gasteiger partial charge in [-0.2, -0.15) is 0 Å². The second-order valence-electron chi connectivity index (χ2n) is 5.41. The predicted molar refractivity (Wildman–Crippen MR) is 83.1 cm³/mol. The van der Waals surface area contributed by atoms with E-state index in [-0.39, 0.29) is 5.91 Å². The van der Waals surface area contributed by atoms with Crippen molar-refractivity contribution in [1.29, 1.82) is 0 Å². The highest BCUT2D eigenvalue weighted by atomic mass is 16.5. The number of carbonyl (C=O) groups excluding carboxylic acids is 1. The number of ether oxygens (including phenoxy) is 1. The Labute approximate surface area is 126 Å². The number of nitrogens with one attached hydrogen (secondary N) is 3. The first-order chi connectivity index (χ1) is 10.7. The maximum absolute atomic E-state index is 12.0. The van der Waals surface area contributed by atoms with Gasteiger partial charge in [-0.15, -0.1) is 0 Å². The number of amides is 1. The SMILES string of the molecule is COc1ccc2[nH]c(-c3nc4c([nH]3)CCCNC4=O)cc2c1. The van der Waals surface area contributed by atoms with Crippen LogP contribution in [0.1, 0.15) is 22.6 Å². The van der Waals surface area contributed by atoms with Crippen LogP contribution >= 0.6 is 0 Å². The Morgan fingerprint density at radius 1 is 1.23 bits per heavy atom. The van der Waals surface area contributed by atoms with Crippen molar-refractivity contribution in [3.8, 4) is 17.3 Å². The van der Waals surface area contributed by atoms with Gasteiger partial charge >= 0.3 is 0 Å². The molecular formula is C16H16N4O2. The number of carbonyl (C=O) groups is 1. The molecule has 112 valence electrons. The van der Waals surface area contributed by atoms with Gasteiger partial charge in [0.05, 0.1) is 12.8 Å². The van der Waals surface area contributed by atoms with Gasteiger partial charge < -0.3 is 20.0 Å². The lowest BCUT2D eigenvalue weighted by Gasteiger charge is -1.97. The van der Waals surface area contributed by atoms with Crippen LogP contribution in [0.15, 0.2) is 24.3 Å². The molecule has 3 aromatic rings. The summed E-state index contributed by atoms with van der Waals surface area (Å²) in [5.41, 5.74) is 3.28. The fraction of sp³-hybridized carbons (Fsp3) is 0.250. The van der Waals surface area contributed by atoms with Crippen LogP contribution in [-0.4, -0.2) is 34.5 Å². The molecule has 1 aliphatic heterocycles. The molecule has 3 N–H and O–H groups in total. The Kier molecular flexibility index (Phi) is 2.89. The fourth-order valence-corrected chi connectivity index (χ4v) is 2.82. The van der Waals surface area contributed by atoms with Crippen molar-refractivity contribution in [2.45, 2.75) is 12.8 Å².